The molecule has 0 aromatic carbocycles. The van der Waals surface area contributed by atoms with Gasteiger partial charge in [-0.25, -0.2) is 4.98 Å². The molecule has 4 heteroatoms. The highest BCUT2D eigenvalue weighted by molar-refractivity contribution is 6.29. The molecule has 20 heavy (non-hydrogen) atoms. The number of unbranched alkanes of at least 4 members (excludes halogenated alkanes) is 2. The van der Waals surface area contributed by atoms with Crippen molar-refractivity contribution in [1.29, 1.82) is 0 Å². The van der Waals surface area contributed by atoms with Gasteiger partial charge in [0.1, 0.15) is 5.15 Å². The van der Waals surface area contributed by atoms with Gasteiger partial charge in [0.05, 0.1) is 0 Å². The summed E-state index contributed by atoms with van der Waals surface area (Å²) in [4.78, 5) is 16.2. The molecular formula is C16H25ClN2O. The van der Waals surface area contributed by atoms with Crippen LogP contribution in [0.25, 0.3) is 0 Å². The molecule has 1 aromatic heterocycles. The summed E-state index contributed by atoms with van der Waals surface area (Å²) in [5.74, 6) is -0.0824. The first-order valence-electron chi connectivity index (χ1n) is 7.26. The van der Waals surface area contributed by atoms with Gasteiger partial charge in [-0.1, -0.05) is 51.6 Å². The van der Waals surface area contributed by atoms with Crippen molar-refractivity contribution in [2.45, 2.75) is 53.4 Å². The van der Waals surface area contributed by atoms with Gasteiger partial charge in [0, 0.05) is 17.8 Å². The molecule has 0 aliphatic heterocycles. The second kappa shape index (κ2) is 7.63. The molecule has 1 aromatic rings. The van der Waals surface area contributed by atoms with Crippen LogP contribution in [-0.4, -0.2) is 17.4 Å². The molecule has 0 saturated carbocycles. The highest BCUT2D eigenvalue weighted by Gasteiger charge is 2.19. The standard InChI is InChI=1S/C16H25ClN2O/c1-5-6-7-8-16(3,4)11-18-15(20)13-9-12(2)19-14(17)10-13/h9-10H,5-8,11H2,1-4H3,(H,18,20). The van der Waals surface area contributed by atoms with E-state index in [0.717, 1.165) is 12.1 Å². The summed E-state index contributed by atoms with van der Waals surface area (Å²) in [5.41, 5.74) is 1.45. The number of halogens is 1. The summed E-state index contributed by atoms with van der Waals surface area (Å²) >= 11 is 5.88. The second-order valence-electron chi connectivity index (χ2n) is 6.12. The molecule has 0 fully saturated rings. The van der Waals surface area contributed by atoms with Gasteiger partial charge in [-0.2, -0.15) is 0 Å². The summed E-state index contributed by atoms with van der Waals surface area (Å²) in [6, 6.07) is 3.36. The molecule has 1 rings (SSSR count). The minimum absolute atomic E-state index is 0.0824. The average Bonchev–Trinajstić information content (AvgIpc) is 2.35. The van der Waals surface area contributed by atoms with Gasteiger partial charge in [0.25, 0.3) is 5.91 Å². The summed E-state index contributed by atoms with van der Waals surface area (Å²) < 4.78 is 0. The Morgan fingerprint density at radius 3 is 2.65 bits per heavy atom. The van der Waals surface area contributed by atoms with E-state index >= 15 is 0 Å². The molecule has 0 bridgehead atoms. The molecule has 1 amide bonds. The normalized spacial score (nSPS) is 11.4. The molecule has 0 spiro atoms. The third kappa shape index (κ3) is 5.91. The molecule has 3 nitrogen and oxygen atoms in total. The highest BCUT2D eigenvalue weighted by atomic mass is 35.5. The second-order valence-corrected chi connectivity index (χ2v) is 6.51. The Kier molecular flexibility index (Phi) is 6.47. The van der Waals surface area contributed by atoms with E-state index in [-0.39, 0.29) is 11.3 Å². The van der Waals surface area contributed by atoms with E-state index in [1.165, 1.54) is 19.3 Å². The van der Waals surface area contributed by atoms with Crippen LogP contribution in [0, 0.1) is 12.3 Å². The van der Waals surface area contributed by atoms with Crippen LogP contribution in [0.4, 0.5) is 0 Å². The number of amides is 1. The number of carbonyl (C=O) groups is 1. The van der Waals surface area contributed by atoms with Crippen LogP contribution >= 0.6 is 11.6 Å². The quantitative estimate of drug-likeness (QED) is 0.599. The zero-order valence-corrected chi connectivity index (χ0v) is 13.7. The van der Waals surface area contributed by atoms with Crippen LogP contribution in [0.2, 0.25) is 5.15 Å². The molecule has 0 saturated heterocycles. The third-order valence-corrected chi connectivity index (χ3v) is 3.56. The molecule has 1 N–H and O–H groups in total. The lowest BCUT2D eigenvalue weighted by Gasteiger charge is -2.25. The number of carbonyl (C=O) groups excluding carboxylic acids is 1. The fourth-order valence-electron chi connectivity index (χ4n) is 2.12. The van der Waals surface area contributed by atoms with Crippen molar-refractivity contribution in [3.8, 4) is 0 Å². The Labute approximate surface area is 127 Å². The number of pyridine rings is 1. The first-order valence-corrected chi connectivity index (χ1v) is 7.64. The molecular weight excluding hydrogens is 272 g/mol. The first kappa shape index (κ1) is 17.0. The van der Waals surface area contributed by atoms with Crippen LogP contribution in [0.3, 0.4) is 0 Å². The minimum Gasteiger partial charge on any atom is -0.352 e. The number of hydrogen-bond donors (Lipinski definition) is 1. The molecule has 0 atom stereocenters. The number of aryl methyl sites for hydroxylation is 1. The van der Waals surface area contributed by atoms with Gasteiger partial charge >= 0.3 is 0 Å². The van der Waals surface area contributed by atoms with Crippen LogP contribution in [0.1, 0.15) is 62.5 Å². The van der Waals surface area contributed by atoms with Crippen molar-refractivity contribution >= 4 is 17.5 Å². The average molecular weight is 297 g/mol. The van der Waals surface area contributed by atoms with Gasteiger partial charge < -0.3 is 5.32 Å². The zero-order chi connectivity index (χ0) is 15.2. The number of nitrogens with one attached hydrogen (secondary N) is 1. The van der Waals surface area contributed by atoms with Crippen LogP contribution in [0.15, 0.2) is 12.1 Å². The Bertz CT molecular complexity index is 438. The number of nitrogens with zero attached hydrogens (tertiary/aromatic N) is 1. The number of aromatic nitrogens is 1. The zero-order valence-electron chi connectivity index (χ0n) is 12.9. The Hall–Kier alpha value is -1.09. The van der Waals surface area contributed by atoms with E-state index in [4.69, 9.17) is 11.6 Å². The summed E-state index contributed by atoms with van der Waals surface area (Å²) in [6.07, 6.45) is 4.80. The van der Waals surface area contributed by atoms with E-state index < -0.39 is 0 Å². The monoisotopic (exact) mass is 296 g/mol. The third-order valence-electron chi connectivity index (χ3n) is 3.37. The summed E-state index contributed by atoms with van der Waals surface area (Å²) in [6.45, 7) is 9.08. The van der Waals surface area contributed by atoms with Crippen LogP contribution < -0.4 is 5.32 Å². The fraction of sp³-hybridized carbons (Fsp3) is 0.625. The lowest BCUT2D eigenvalue weighted by Crippen LogP contribution is -2.34. The van der Waals surface area contributed by atoms with E-state index in [1.54, 1.807) is 12.1 Å². The van der Waals surface area contributed by atoms with Crippen molar-refractivity contribution in [2.24, 2.45) is 5.41 Å². The van der Waals surface area contributed by atoms with Gasteiger partial charge in [-0.15, -0.1) is 0 Å². The Morgan fingerprint density at radius 2 is 2.05 bits per heavy atom. The molecule has 0 radical (unpaired) electrons. The largest absolute Gasteiger partial charge is 0.352 e. The predicted octanol–water partition coefficient (Wildman–Crippen LogP) is 4.38. The van der Waals surface area contributed by atoms with Crippen molar-refractivity contribution in [2.75, 3.05) is 6.54 Å². The molecule has 0 unspecified atom stereocenters. The maximum absolute atomic E-state index is 12.1. The van der Waals surface area contributed by atoms with Crippen LogP contribution in [-0.2, 0) is 0 Å². The SMILES string of the molecule is CCCCCC(C)(C)CNC(=O)c1cc(C)nc(Cl)c1. The fourth-order valence-corrected chi connectivity index (χ4v) is 2.37. The molecule has 1 heterocycles. The van der Waals surface area contributed by atoms with Gasteiger partial charge in [0.2, 0.25) is 0 Å². The van der Waals surface area contributed by atoms with Crippen molar-refractivity contribution in [3.63, 3.8) is 0 Å². The highest BCUT2D eigenvalue weighted by Crippen LogP contribution is 2.22. The predicted molar refractivity (Wildman–Crippen MR) is 84.2 cm³/mol. The maximum atomic E-state index is 12.1. The number of rotatable bonds is 7. The smallest absolute Gasteiger partial charge is 0.251 e. The summed E-state index contributed by atoms with van der Waals surface area (Å²) in [7, 11) is 0. The van der Waals surface area contributed by atoms with E-state index in [9.17, 15) is 4.79 Å². The first-order chi connectivity index (χ1) is 9.34. The van der Waals surface area contributed by atoms with E-state index in [0.29, 0.717) is 17.3 Å². The van der Waals surface area contributed by atoms with Gasteiger partial charge in [-0.05, 0) is 30.9 Å². The minimum atomic E-state index is -0.0824. The lowest BCUT2D eigenvalue weighted by atomic mass is 9.87. The number of hydrogen-bond acceptors (Lipinski definition) is 2. The van der Waals surface area contributed by atoms with E-state index in [2.05, 4.69) is 31.1 Å². The summed E-state index contributed by atoms with van der Waals surface area (Å²) in [5, 5.41) is 3.35. The van der Waals surface area contributed by atoms with Crippen molar-refractivity contribution < 1.29 is 4.79 Å². The topological polar surface area (TPSA) is 42.0 Å². The molecule has 0 aliphatic rings. The maximum Gasteiger partial charge on any atom is 0.251 e. The van der Waals surface area contributed by atoms with Gasteiger partial charge in [-0.3, -0.25) is 4.79 Å². The van der Waals surface area contributed by atoms with Gasteiger partial charge in [0.15, 0.2) is 0 Å². The van der Waals surface area contributed by atoms with Crippen LogP contribution in [0.5, 0.6) is 0 Å². The molecule has 0 aliphatic carbocycles. The van der Waals surface area contributed by atoms with Crippen molar-refractivity contribution in [1.82, 2.24) is 10.3 Å². The Morgan fingerprint density at radius 1 is 1.35 bits per heavy atom. The van der Waals surface area contributed by atoms with Crippen molar-refractivity contribution in [3.05, 3.63) is 28.5 Å². The lowest BCUT2D eigenvalue weighted by molar-refractivity contribution is 0.0934. The molecule has 112 valence electrons. The van der Waals surface area contributed by atoms with E-state index in [1.807, 2.05) is 6.92 Å². The Balaban J connectivity index is 2.53.